The van der Waals surface area contributed by atoms with Crippen LogP contribution in [0.1, 0.15) is 33.6 Å². The van der Waals surface area contributed by atoms with Gasteiger partial charge in [0.25, 0.3) is 0 Å². The molecule has 10 heavy (non-hydrogen) atoms. The van der Waals surface area contributed by atoms with Crippen LogP contribution in [-0.2, 0) is 0 Å². The number of rotatable bonds is 1. The fourth-order valence-corrected chi connectivity index (χ4v) is 1.66. The predicted octanol–water partition coefficient (Wildman–Crippen LogP) is 2.51. The molecule has 1 heteroatoms. The molecule has 0 bridgehead atoms. The first kappa shape index (κ1) is 7.77. The van der Waals surface area contributed by atoms with Gasteiger partial charge in [0.05, 0.1) is 0 Å². The lowest BCUT2D eigenvalue weighted by atomic mass is 9.90. The van der Waals surface area contributed by atoms with E-state index >= 15 is 0 Å². The Morgan fingerprint density at radius 3 is 2.60 bits per heavy atom. The molecule has 58 valence electrons. The minimum atomic E-state index is 0.662. The van der Waals surface area contributed by atoms with Crippen LogP contribution in [0.25, 0.3) is 0 Å². The average Bonchev–Trinajstić information content (AvgIpc) is 1.88. The van der Waals surface area contributed by atoms with Gasteiger partial charge in [0.15, 0.2) is 0 Å². The van der Waals surface area contributed by atoms with Crippen LogP contribution in [0.4, 0.5) is 0 Å². The van der Waals surface area contributed by atoms with E-state index in [1.165, 1.54) is 18.6 Å². The molecule has 0 aromatic rings. The van der Waals surface area contributed by atoms with E-state index in [9.17, 15) is 0 Å². The summed E-state index contributed by atoms with van der Waals surface area (Å²) in [5, 5.41) is 0. The lowest BCUT2D eigenvalue weighted by Gasteiger charge is -2.21. The molecule has 1 aliphatic rings. The zero-order valence-corrected chi connectivity index (χ0v) is 7.22. The Kier molecular flexibility index (Phi) is 2.47. The van der Waals surface area contributed by atoms with Crippen LogP contribution in [0.5, 0.6) is 0 Å². The maximum Gasteiger partial charge on any atom is 0.0389 e. The van der Waals surface area contributed by atoms with E-state index in [0.29, 0.717) is 5.92 Å². The summed E-state index contributed by atoms with van der Waals surface area (Å²) in [6.07, 6.45) is 2.63. The Bertz CT molecular complexity index is 136. The molecule has 0 N–H and O–H groups in total. The number of hydrogen-bond acceptors (Lipinski definition) is 1. The van der Waals surface area contributed by atoms with Gasteiger partial charge in [0, 0.05) is 12.3 Å². The monoisotopic (exact) mass is 139 g/mol. The maximum atomic E-state index is 4.53. The molecule has 0 saturated carbocycles. The zero-order valence-electron chi connectivity index (χ0n) is 7.22. The van der Waals surface area contributed by atoms with Crippen molar-refractivity contribution >= 4 is 5.71 Å². The maximum absolute atomic E-state index is 4.53. The third-order valence-electron chi connectivity index (χ3n) is 2.19. The Hall–Kier alpha value is -0.330. The van der Waals surface area contributed by atoms with Gasteiger partial charge in [-0.3, -0.25) is 4.99 Å². The topological polar surface area (TPSA) is 12.4 Å². The smallest absolute Gasteiger partial charge is 0.0389 e. The molecule has 0 amide bonds. The van der Waals surface area contributed by atoms with Crippen LogP contribution in [0.3, 0.4) is 0 Å². The van der Waals surface area contributed by atoms with Gasteiger partial charge < -0.3 is 0 Å². The lowest BCUT2D eigenvalue weighted by Crippen LogP contribution is -2.21. The Labute approximate surface area is 63.5 Å². The van der Waals surface area contributed by atoms with Gasteiger partial charge in [-0.25, -0.2) is 0 Å². The second-order valence-corrected chi connectivity index (χ2v) is 3.50. The molecule has 0 spiro atoms. The Morgan fingerprint density at radius 1 is 1.50 bits per heavy atom. The molecule has 1 nitrogen and oxygen atoms in total. The minimum absolute atomic E-state index is 0.662. The summed E-state index contributed by atoms with van der Waals surface area (Å²) in [5.41, 5.74) is 1.44. The summed E-state index contributed by atoms with van der Waals surface area (Å²) in [7, 11) is 0. The number of nitrogens with zero attached hydrogens (tertiary/aromatic N) is 1. The van der Waals surface area contributed by atoms with E-state index in [4.69, 9.17) is 0 Å². The van der Waals surface area contributed by atoms with Crippen LogP contribution in [0.15, 0.2) is 4.99 Å². The first-order valence-electron chi connectivity index (χ1n) is 4.26. The van der Waals surface area contributed by atoms with E-state index in [1.54, 1.807) is 0 Å². The van der Waals surface area contributed by atoms with Crippen LogP contribution < -0.4 is 0 Å². The fourth-order valence-electron chi connectivity index (χ4n) is 1.66. The number of hydrogen-bond donors (Lipinski definition) is 0. The second-order valence-electron chi connectivity index (χ2n) is 3.50. The van der Waals surface area contributed by atoms with Gasteiger partial charge in [-0.1, -0.05) is 20.8 Å². The van der Waals surface area contributed by atoms with Gasteiger partial charge in [-0.05, 0) is 24.7 Å². The molecule has 1 aliphatic heterocycles. The first-order chi connectivity index (χ1) is 4.72. The SMILES string of the molecule is CC(C)C1=NCCCC1C. The van der Waals surface area contributed by atoms with Crippen LogP contribution in [0.2, 0.25) is 0 Å². The summed E-state index contributed by atoms with van der Waals surface area (Å²) < 4.78 is 0. The average molecular weight is 139 g/mol. The van der Waals surface area contributed by atoms with E-state index in [1.807, 2.05) is 0 Å². The van der Waals surface area contributed by atoms with E-state index in [-0.39, 0.29) is 0 Å². The molecule has 0 aliphatic carbocycles. The summed E-state index contributed by atoms with van der Waals surface area (Å²) >= 11 is 0. The Morgan fingerprint density at radius 2 is 2.20 bits per heavy atom. The first-order valence-corrected chi connectivity index (χ1v) is 4.26. The molecule has 0 saturated heterocycles. The van der Waals surface area contributed by atoms with Crippen molar-refractivity contribution in [2.75, 3.05) is 6.54 Å². The van der Waals surface area contributed by atoms with Gasteiger partial charge in [0.2, 0.25) is 0 Å². The highest BCUT2D eigenvalue weighted by atomic mass is 14.8. The highest BCUT2D eigenvalue weighted by Crippen LogP contribution is 2.18. The third kappa shape index (κ3) is 1.59. The largest absolute Gasteiger partial charge is 0.294 e. The molecule has 1 atom stereocenters. The van der Waals surface area contributed by atoms with Gasteiger partial charge in [-0.15, -0.1) is 0 Å². The molecular weight excluding hydrogens is 122 g/mol. The van der Waals surface area contributed by atoms with Gasteiger partial charge in [0.1, 0.15) is 0 Å². The second kappa shape index (κ2) is 3.18. The molecule has 0 fully saturated rings. The van der Waals surface area contributed by atoms with Crippen molar-refractivity contribution in [2.24, 2.45) is 16.8 Å². The highest BCUT2D eigenvalue weighted by Gasteiger charge is 2.16. The molecular formula is C9H17N. The molecule has 0 aromatic carbocycles. The van der Waals surface area contributed by atoms with Crippen LogP contribution in [0, 0.1) is 11.8 Å². The number of aliphatic imine (C=N–C) groups is 1. The van der Waals surface area contributed by atoms with E-state index < -0.39 is 0 Å². The van der Waals surface area contributed by atoms with Gasteiger partial charge in [-0.2, -0.15) is 0 Å². The normalized spacial score (nSPS) is 26.8. The van der Waals surface area contributed by atoms with Crippen molar-refractivity contribution in [3.63, 3.8) is 0 Å². The highest BCUT2D eigenvalue weighted by molar-refractivity contribution is 5.88. The molecule has 1 unspecified atom stereocenters. The van der Waals surface area contributed by atoms with Crippen molar-refractivity contribution in [3.05, 3.63) is 0 Å². The van der Waals surface area contributed by atoms with Gasteiger partial charge >= 0.3 is 0 Å². The lowest BCUT2D eigenvalue weighted by molar-refractivity contribution is 0.578. The van der Waals surface area contributed by atoms with Crippen molar-refractivity contribution < 1.29 is 0 Å². The van der Waals surface area contributed by atoms with Crippen molar-refractivity contribution in [2.45, 2.75) is 33.6 Å². The quantitative estimate of drug-likeness (QED) is 0.529. The third-order valence-corrected chi connectivity index (χ3v) is 2.19. The fraction of sp³-hybridized carbons (Fsp3) is 0.889. The molecule has 1 heterocycles. The standard InChI is InChI=1S/C9H17N/c1-7(2)9-8(3)5-4-6-10-9/h7-8H,4-6H2,1-3H3. The van der Waals surface area contributed by atoms with Crippen LogP contribution in [-0.4, -0.2) is 12.3 Å². The molecule has 0 aromatic heterocycles. The summed E-state index contributed by atoms with van der Waals surface area (Å²) in [4.78, 5) is 4.53. The molecule has 0 radical (unpaired) electrons. The zero-order chi connectivity index (χ0) is 7.56. The van der Waals surface area contributed by atoms with Crippen molar-refractivity contribution in [3.8, 4) is 0 Å². The van der Waals surface area contributed by atoms with E-state index in [2.05, 4.69) is 25.8 Å². The summed E-state index contributed by atoms with van der Waals surface area (Å²) in [6.45, 7) is 7.83. The Balaban J connectivity index is 2.61. The minimum Gasteiger partial charge on any atom is -0.294 e. The molecule has 1 rings (SSSR count). The van der Waals surface area contributed by atoms with Crippen molar-refractivity contribution in [1.29, 1.82) is 0 Å². The van der Waals surface area contributed by atoms with Crippen LogP contribution >= 0.6 is 0 Å². The predicted molar refractivity (Wildman–Crippen MR) is 45.5 cm³/mol. The summed E-state index contributed by atoms with van der Waals surface area (Å²) in [5.74, 6) is 1.41. The van der Waals surface area contributed by atoms with Crippen molar-refractivity contribution in [1.82, 2.24) is 0 Å². The summed E-state index contributed by atoms with van der Waals surface area (Å²) in [6, 6.07) is 0. The van der Waals surface area contributed by atoms with E-state index in [0.717, 1.165) is 12.5 Å².